The second kappa shape index (κ2) is 6.40. The maximum absolute atomic E-state index is 11.2. The molecule has 1 aliphatic rings. The molecule has 1 N–H and O–H groups in total. The summed E-state index contributed by atoms with van der Waals surface area (Å²) < 4.78 is 0. The molecule has 1 saturated heterocycles. The molecule has 0 bridgehead atoms. The van der Waals surface area contributed by atoms with Gasteiger partial charge in [-0.15, -0.1) is 0 Å². The summed E-state index contributed by atoms with van der Waals surface area (Å²) in [4.78, 5) is 27.7. The van der Waals surface area contributed by atoms with Crippen molar-refractivity contribution >= 4 is 11.5 Å². The molecule has 0 spiro atoms. The first-order valence-electron chi connectivity index (χ1n) is 8.07. The number of hydrogen-bond donors (Lipinski definition) is 1. The Morgan fingerprint density at radius 2 is 1.78 bits per heavy atom. The number of aromatic nitrogens is 3. The van der Waals surface area contributed by atoms with Gasteiger partial charge in [-0.25, -0.2) is 9.97 Å². The first-order chi connectivity index (χ1) is 11.0. The van der Waals surface area contributed by atoms with Crippen LogP contribution in [0.3, 0.4) is 0 Å². The Labute approximate surface area is 136 Å². The summed E-state index contributed by atoms with van der Waals surface area (Å²) in [6, 6.07) is 5.51. The minimum Gasteiger partial charge on any atom is -0.367 e. The monoisotopic (exact) mass is 313 g/mol. The lowest BCUT2D eigenvalue weighted by atomic mass is 10.2. The zero-order valence-corrected chi connectivity index (χ0v) is 13.9. The molecule has 0 saturated carbocycles. The van der Waals surface area contributed by atoms with Crippen molar-refractivity contribution in [2.24, 2.45) is 0 Å². The average Bonchev–Trinajstić information content (AvgIpc) is 2.55. The number of rotatable bonds is 3. The van der Waals surface area contributed by atoms with E-state index in [1.165, 1.54) is 0 Å². The molecule has 122 valence electrons. The van der Waals surface area contributed by atoms with E-state index in [1.807, 2.05) is 13.0 Å². The van der Waals surface area contributed by atoms with E-state index in [0.717, 1.165) is 49.2 Å². The lowest BCUT2D eigenvalue weighted by Gasteiger charge is -2.36. The standard InChI is InChI=1S/C17H23N5O/c1-12(2)17-19-13(3)10-15(20-17)22-8-6-21(7-9-22)14-4-5-16(23)18-11-14/h4-5,10-12H,6-9H2,1-3H3,(H,18,23). The fourth-order valence-electron chi connectivity index (χ4n) is 2.79. The summed E-state index contributed by atoms with van der Waals surface area (Å²) in [5.41, 5.74) is 2.01. The van der Waals surface area contributed by atoms with Crippen LogP contribution in [-0.2, 0) is 0 Å². The van der Waals surface area contributed by atoms with Crippen molar-refractivity contribution in [1.29, 1.82) is 0 Å². The lowest BCUT2D eigenvalue weighted by molar-refractivity contribution is 0.640. The van der Waals surface area contributed by atoms with Crippen LogP contribution >= 0.6 is 0 Å². The van der Waals surface area contributed by atoms with E-state index in [1.54, 1.807) is 12.3 Å². The van der Waals surface area contributed by atoms with Crippen LogP contribution in [0.5, 0.6) is 0 Å². The highest BCUT2D eigenvalue weighted by atomic mass is 16.1. The zero-order chi connectivity index (χ0) is 16.4. The van der Waals surface area contributed by atoms with Gasteiger partial charge in [0.05, 0.1) is 5.69 Å². The quantitative estimate of drug-likeness (QED) is 0.938. The Balaban J connectivity index is 1.71. The van der Waals surface area contributed by atoms with Crippen LogP contribution in [0.1, 0.15) is 31.3 Å². The van der Waals surface area contributed by atoms with Gasteiger partial charge in [-0.05, 0) is 13.0 Å². The zero-order valence-electron chi connectivity index (χ0n) is 13.9. The first kappa shape index (κ1) is 15.5. The highest BCUT2D eigenvalue weighted by Gasteiger charge is 2.19. The maximum Gasteiger partial charge on any atom is 0.248 e. The summed E-state index contributed by atoms with van der Waals surface area (Å²) in [6.45, 7) is 9.89. The third kappa shape index (κ3) is 3.52. The smallest absolute Gasteiger partial charge is 0.248 e. The van der Waals surface area contributed by atoms with Gasteiger partial charge in [0.1, 0.15) is 11.6 Å². The highest BCUT2D eigenvalue weighted by molar-refractivity contribution is 5.48. The van der Waals surface area contributed by atoms with Gasteiger partial charge in [0.15, 0.2) is 0 Å². The summed E-state index contributed by atoms with van der Waals surface area (Å²) in [5.74, 6) is 2.25. The minimum atomic E-state index is -0.0648. The second-order valence-corrected chi connectivity index (χ2v) is 6.27. The molecule has 0 radical (unpaired) electrons. The second-order valence-electron chi connectivity index (χ2n) is 6.27. The van der Waals surface area contributed by atoms with Crippen LogP contribution < -0.4 is 15.4 Å². The van der Waals surface area contributed by atoms with Gasteiger partial charge in [-0.1, -0.05) is 13.8 Å². The van der Waals surface area contributed by atoms with Crippen LogP contribution in [-0.4, -0.2) is 41.1 Å². The fraction of sp³-hybridized carbons (Fsp3) is 0.471. The van der Waals surface area contributed by atoms with E-state index in [2.05, 4.69) is 39.7 Å². The van der Waals surface area contributed by atoms with Crippen LogP contribution in [0.25, 0.3) is 0 Å². The van der Waals surface area contributed by atoms with E-state index in [9.17, 15) is 4.79 Å². The molecule has 0 amide bonds. The van der Waals surface area contributed by atoms with Crippen molar-refractivity contribution < 1.29 is 0 Å². The Kier molecular flexibility index (Phi) is 4.32. The molecule has 6 nitrogen and oxygen atoms in total. The normalized spacial score (nSPS) is 15.3. The third-order valence-corrected chi connectivity index (χ3v) is 4.11. The first-order valence-corrected chi connectivity index (χ1v) is 8.07. The van der Waals surface area contributed by atoms with E-state index < -0.39 is 0 Å². The van der Waals surface area contributed by atoms with Gasteiger partial charge in [0.25, 0.3) is 0 Å². The number of aromatic amines is 1. The molecule has 0 atom stereocenters. The van der Waals surface area contributed by atoms with Crippen LogP contribution in [0, 0.1) is 6.92 Å². The van der Waals surface area contributed by atoms with Crippen molar-refractivity contribution in [3.63, 3.8) is 0 Å². The summed E-state index contributed by atoms with van der Waals surface area (Å²) >= 11 is 0. The van der Waals surface area contributed by atoms with Crippen LogP contribution in [0.2, 0.25) is 0 Å². The fourth-order valence-corrected chi connectivity index (χ4v) is 2.79. The average molecular weight is 313 g/mol. The molecule has 1 fully saturated rings. The number of nitrogens with zero attached hydrogens (tertiary/aromatic N) is 4. The van der Waals surface area contributed by atoms with Crippen molar-refractivity contribution in [3.8, 4) is 0 Å². The number of aryl methyl sites for hydroxylation is 1. The summed E-state index contributed by atoms with van der Waals surface area (Å²) in [6.07, 6.45) is 1.78. The van der Waals surface area contributed by atoms with E-state index in [0.29, 0.717) is 5.92 Å². The van der Waals surface area contributed by atoms with Crippen LogP contribution in [0.4, 0.5) is 11.5 Å². The van der Waals surface area contributed by atoms with Crippen LogP contribution in [0.15, 0.2) is 29.2 Å². The Hall–Kier alpha value is -2.37. The van der Waals surface area contributed by atoms with Gasteiger partial charge in [-0.2, -0.15) is 0 Å². The number of hydrogen-bond acceptors (Lipinski definition) is 5. The van der Waals surface area contributed by atoms with Crippen molar-refractivity contribution in [3.05, 3.63) is 46.3 Å². The molecule has 0 unspecified atom stereocenters. The molecule has 0 aromatic carbocycles. The molecule has 1 aliphatic heterocycles. The summed E-state index contributed by atoms with van der Waals surface area (Å²) in [7, 11) is 0. The predicted octanol–water partition coefficient (Wildman–Crippen LogP) is 1.92. The van der Waals surface area contributed by atoms with E-state index in [4.69, 9.17) is 4.98 Å². The third-order valence-electron chi connectivity index (χ3n) is 4.11. The number of anilines is 2. The van der Waals surface area contributed by atoms with Crippen molar-refractivity contribution in [2.45, 2.75) is 26.7 Å². The van der Waals surface area contributed by atoms with Gasteiger partial charge in [0.2, 0.25) is 5.56 Å². The molecule has 0 aliphatic carbocycles. The van der Waals surface area contributed by atoms with E-state index in [-0.39, 0.29) is 5.56 Å². The largest absolute Gasteiger partial charge is 0.367 e. The molecule has 3 rings (SSSR count). The Bertz CT molecular complexity index is 712. The Morgan fingerprint density at radius 3 is 2.39 bits per heavy atom. The molecule has 2 aromatic heterocycles. The molecule has 2 aromatic rings. The van der Waals surface area contributed by atoms with Crippen molar-refractivity contribution in [1.82, 2.24) is 15.0 Å². The summed E-state index contributed by atoms with van der Waals surface area (Å²) in [5, 5.41) is 0. The highest BCUT2D eigenvalue weighted by Crippen LogP contribution is 2.20. The molecular weight excluding hydrogens is 290 g/mol. The predicted molar refractivity (Wildman–Crippen MR) is 92.3 cm³/mol. The van der Waals surface area contributed by atoms with Gasteiger partial charge >= 0.3 is 0 Å². The maximum atomic E-state index is 11.2. The number of nitrogens with one attached hydrogen (secondary N) is 1. The molecule has 3 heterocycles. The topological polar surface area (TPSA) is 65.1 Å². The number of pyridine rings is 1. The molecule has 23 heavy (non-hydrogen) atoms. The number of piperazine rings is 1. The van der Waals surface area contributed by atoms with Gasteiger partial charge in [0, 0.05) is 56.1 Å². The lowest BCUT2D eigenvalue weighted by Crippen LogP contribution is -2.47. The van der Waals surface area contributed by atoms with Gasteiger partial charge in [-0.3, -0.25) is 4.79 Å². The van der Waals surface area contributed by atoms with E-state index >= 15 is 0 Å². The number of H-pyrrole nitrogens is 1. The molecule has 6 heteroatoms. The SMILES string of the molecule is Cc1cc(N2CCN(c3ccc(=O)[nH]c3)CC2)nc(C(C)C)n1. The molecular formula is C17H23N5O. The van der Waals surface area contributed by atoms with Gasteiger partial charge < -0.3 is 14.8 Å². The minimum absolute atomic E-state index is 0.0648. The van der Waals surface area contributed by atoms with Crippen molar-refractivity contribution in [2.75, 3.05) is 36.0 Å². The Morgan fingerprint density at radius 1 is 1.09 bits per heavy atom.